The highest BCUT2D eigenvalue weighted by Crippen LogP contribution is 2.17. The minimum absolute atomic E-state index is 0.0167. The fourth-order valence-electron chi connectivity index (χ4n) is 1.98. The zero-order valence-corrected chi connectivity index (χ0v) is 12.1. The first-order chi connectivity index (χ1) is 9.62. The van der Waals surface area contributed by atoms with E-state index in [-0.39, 0.29) is 11.0 Å². The molecule has 1 aliphatic heterocycles. The van der Waals surface area contributed by atoms with E-state index in [0.717, 1.165) is 12.8 Å². The zero-order chi connectivity index (χ0) is 14.4. The molecule has 0 radical (unpaired) electrons. The normalized spacial score (nSPS) is 19.1. The lowest BCUT2D eigenvalue weighted by Crippen LogP contribution is -2.31. The van der Waals surface area contributed by atoms with Gasteiger partial charge < -0.3 is 15.2 Å². The van der Waals surface area contributed by atoms with E-state index in [2.05, 4.69) is 4.72 Å². The van der Waals surface area contributed by atoms with Crippen molar-refractivity contribution in [3.05, 3.63) is 24.3 Å². The Morgan fingerprint density at radius 1 is 1.35 bits per heavy atom. The van der Waals surface area contributed by atoms with E-state index in [9.17, 15) is 8.42 Å². The first-order valence-corrected chi connectivity index (χ1v) is 8.14. The summed E-state index contributed by atoms with van der Waals surface area (Å²) in [4.78, 5) is 0.218. The van der Waals surface area contributed by atoms with Gasteiger partial charge in [0.05, 0.1) is 11.0 Å². The third kappa shape index (κ3) is 4.17. The highest BCUT2D eigenvalue weighted by atomic mass is 32.2. The average molecular weight is 300 g/mol. The lowest BCUT2D eigenvalue weighted by Gasteiger charge is -2.12. The van der Waals surface area contributed by atoms with Crippen LogP contribution < -0.4 is 15.2 Å². The van der Waals surface area contributed by atoms with Crippen molar-refractivity contribution in [1.29, 1.82) is 0 Å². The molecule has 1 atom stereocenters. The highest BCUT2D eigenvalue weighted by Gasteiger charge is 2.20. The summed E-state index contributed by atoms with van der Waals surface area (Å²) in [5.74, 6) is 0.605. The van der Waals surface area contributed by atoms with Crippen LogP contribution in [0.5, 0.6) is 5.75 Å². The summed E-state index contributed by atoms with van der Waals surface area (Å²) in [5, 5.41) is 0. The van der Waals surface area contributed by atoms with Gasteiger partial charge in [-0.3, -0.25) is 0 Å². The molecule has 20 heavy (non-hydrogen) atoms. The number of benzene rings is 1. The van der Waals surface area contributed by atoms with Crippen LogP contribution in [0.2, 0.25) is 0 Å². The highest BCUT2D eigenvalue weighted by molar-refractivity contribution is 7.89. The smallest absolute Gasteiger partial charge is 0.240 e. The maximum Gasteiger partial charge on any atom is 0.240 e. The van der Waals surface area contributed by atoms with E-state index in [4.69, 9.17) is 15.2 Å². The largest absolute Gasteiger partial charge is 0.492 e. The summed E-state index contributed by atoms with van der Waals surface area (Å²) >= 11 is 0. The number of nitrogens with two attached hydrogens (primary N) is 1. The number of ether oxygens (including phenoxy) is 2. The van der Waals surface area contributed by atoms with Gasteiger partial charge in [-0.2, -0.15) is 0 Å². The van der Waals surface area contributed by atoms with Gasteiger partial charge in [0.2, 0.25) is 10.0 Å². The number of rotatable bonds is 7. The molecule has 7 heteroatoms. The van der Waals surface area contributed by atoms with Crippen LogP contribution in [0.3, 0.4) is 0 Å². The molecule has 0 aliphatic carbocycles. The van der Waals surface area contributed by atoms with Crippen LogP contribution in [0.4, 0.5) is 0 Å². The molecular weight excluding hydrogens is 280 g/mol. The fourth-order valence-corrected chi connectivity index (χ4v) is 3.05. The van der Waals surface area contributed by atoms with E-state index >= 15 is 0 Å². The Balaban J connectivity index is 1.94. The molecular formula is C13H20N2O4S. The minimum Gasteiger partial charge on any atom is -0.492 e. The number of hydrogen-bond donors (Lipinski definition) is 2. The van der Waals surface area contributed by atoms with Crippen molar-refractivity contribution in [3.63, 3.8) is 0 Å². The molecule has 0 saturated carbocycles. The van der Waals surface area contributed by atoms with E-state index in [1.165, 1.54) is 12.1 Å². The van der Waals surface area contributed by atoms with Crippen molar-refractivity contribution in [2.24, 2.45) is 5.73 Å². The van der Waals surface area contributed by atoms with Gasteiger partial charge in [0.1, 0.15) is 12.4 Å². The molecule has 0 bridgehead atoms. The molecule has 0 amide bonds. The predicted octanol–water partition coefficient (Wildman–Crippen LogP) is 0.481. The van der Waals surface area contributed by atoms with Crippen LogP contribution in [0.1, 0.15) is 12.8 Å². The standard InChI is InChI=1S/C13H20N2O4S/c14-7-9-19-11-3-5-13(6-4-11)20(16,17)15-10-12-2-1-8-18-12/h3-6,12,15H,1-2,7-10,14H2. The Bertz CT molecular complexity index is 510. The Hall–Kier alpha value is -1.15. The summed E-state index contributed by atoms with van der Waals surface area (Å²) in [5.41, 5.74) is 5.33. The van der Waals surface area contributed by atoms with Crippen molar-refractivity contribution in [2.75, 3.05) is 26.3 Å². The number of hydrogen-bond acceptors (Lipinski definition) is 5. The zero-order valence-electron chi connectivity index (χ0n) is 11.2. The van der Waals surface area contributed by atoms with Crippen LogP contribution in [0, 0.1) is 0 Å². The number of sulfonamides is 1. The van der Waals surface area contributed by atoms with E-state index in [1.54, 1.807) is 12.1 Å². The second kappa shape index (κ2) is 7.03. The molecule has 1 fully saturated rings. The second-order valence-corrected chi connectivity index (χ2v) is 6.36. The monoisotopic (exact) mass is 300 g/mol. The average Bonchev–Trinajstić information content (AvgIpc) is 2.97. The quantitative estimate of drug-likeness (QED) is 0.764. The van der Waals surface area contributed by atoms with Crippen molar-refractivity contribution in [3.8, 4) is 5.75 Å². The molecule has 0 aromatic heterocycles. The van der Waals surface area contributed by atoms with Gasteiger partial charge >= 0.3 is 0 Å². The van der Waals surface area contributed by atoms with Crippen LogP contribution in [-0.4, -0.2) is 40.8 Å². The molecule has 3 N–H and O–H groups in total. The Morgan fingerprint density at radius 2 is 2.10 bits per heavy atom. The predicted molar refractivity (Wildman–Crippen MR) is 75.2 cm³/mol. The van der Waals surface area contributed by atoms with Gasteiger partial charge in [0.25, 0.3) is 0 Å². The third-order valence-electron chi connectivity index (χ3n) is 3.05. The molecule has 1 unspecified atom stereocenters. The van der Waals surface area contributed by atoms with Gasteiger partial charge in [-0.05, 0) is 37.1 Å². The minimum atomic E-state index is -3.50. The third-order valence-corrected chi connectivity index (χ3v) is 4.49. The summed E-state index contributed by atoms with van der Waals surface area (Å²) in [7, 11) is -3.50. The summed E-state index contributed by atoms with van der Waals surface area (Å²) in [6, 6.07) is 6.28. The second-order valence-electron chi connectivity index (χ2n) is 4.60. The van der Waals surface area contributed by atoms with Gasteiger partial charge in [0, 0.05) is 19.7 Å². The molecule has 1 saturated heterocycles. The van der Waals surface area contributed by atoms with Crippen molar-refractivity contribution >= 4 is 10.0 Å². The lowest BCUT2D eigenvalue weighted by atomic mass is 10.2. The van der Waals surface area contributed by atoms with Crippen LogP contribution in [0.15, 0.2) is 29.2 Å². The summed E-state index contributed by atoms with van der Waals surface area (Å²) in [6.07, 6.45) is 1.87. The lowest BCUT2D eigenvalue weighted by molar-refractivity contribution is 0.114. The molecule has 1 aromatic carbocycles. The van der Waals surface area contributed by atoms with Crippen LogP contribution in [0.25, 0.3) is 0 Å². The summed E-state index contributed by atoms with van der Waals surface area (Å²) < 4.78 is 37.4. The van der Waals surface area contributed by atoms with Crippen LogP contribution in [-0.2, 0) is 14.8 Å². The molecule has 1 heterocycles. The van der Waals surface area contributed by atoms with E-state index in [1.807, 2.05) is 0 Å². The molecule has 1 aliphatic rings. The topological polar surface area (TPSA) is 90.7 Å². The Morgan fingerprint density at radius 3 is 2.70 bits per heavy atom. The maximum absolute atomic E-state index is 12.1. The molecule has 2 rings (SSSR count). The molecule has 1 aromatic rings. The Kier molecular flexibility index (Phi) is 5.36. The summed E-state index contributed by atoms with van der Waals surface area (Å²) in [6.45, 7) is 1.85. The van der Waals surface area contributed by atoms with E-state index in [0.29, 0.717) is 32.1 Å². The Labute approximate surface area is 119 Å². The number of nitrogens with one attached hydrogen (secondary N) is 1. The van der Waals surface area contributed by atoms with Crippen molar-refractivity contribution in [2.45, 2.75) is 23.8 Å². The molecule has 112 valence electrons. The molecule has 0 spiro atoms. The first kappa shape index (κ1) is 15.2. The van der Waals surface area contributed by atoms with Gasteiger partial charge in [-0.15, -0.1) is 0 Å². The maximum atomic E-state index is 12.1. The van der Waals surface area contributed by atoms with Gasteiger partial charge in [-0.25, -0.2) is 13.1 Å². The van der Waals surface area contributed by atoms with Gasteiger partial charge in [0.15, 0.2) is 0 Å². The first-order valence-electron chi connectivity index (χ1n) is 6.66. The SMILES string of the molecule is NCCOc1ccc(S(=O)(=O)NCC2CCCO2)cc1. The van der Waals surface area contributed by atoms with Crippen molar-refractivity contribution in [1.82, 2.24) is 4.72 Å². The van der Waals surface area contributed by atoms with E-state index < -0.39 is 10.0 Å². The molecule has 6 nitrogen and oxygen atoms in total. The fraction of sp³-hybridized carbons (Fsp3) is 0.538. The van der Waals surface area contributed by atoms with Crippen LogP contribution >= 0.6 is 0 Å². The van der Waals surface area contributed by atoms with Crippen molar-refractivity contribution < 1.29 is 17.9 Å². The van der Waals surface area contributed by atoms with Gasteiger partial charge in [-0.1, -0.05) is 0 Å².